The van der Waals surface area contributed by atoms with Crippen LogP contribution in [0.15, 0.2) is 48.5 Å². The summed E-state index contributed by atoms with van der Waals surface area (Å²) in [6.45, 7) is 2.31. The van der Waals surface area contributed by atoms with Gasteiger partial charge in [0.25, 0.3) is 0 Å². The quantitative estimate of drug-likeness (QED) is 0.778. The Morgan fingerprint density at radius 2 is 1.92 bits per heavy atom. The maximum atomic E-state index is 5.79. The second kappa shape index (κ2) is 6.42. The number of likely N-dealkylation sites (tertiary alicyclic amines) is 1. The molecule has 2 heteroatoms. The molecule has 26 heavy (non-hydrogen) atoms. The number of benzene rings is 2. The van der Waals surface area contributed by atoms with E-state index in [1.807, 2.05) is 7.11 Å². The van der Waals surface area contributed by atoms with Gasteiger partial charge in [-0.05, 0) is 60.9 Å². The Kier molecular flexibility index (Phi) is 4.04. The molecule has 2 fully saturated rings. The first-order valence-corrected chi connectivity index (χ1v) is 10.3. The number of piperidine rings is 1. The molecule has 0 spiro atoms. The van der Waals surface area contributed by atoms with Crippen molar-refractivity contribution in [3.05, 3.63) is 65.2 Å². The lowest BCUT2D eigenvalue weighted by Crippen LogP contribution is -2.60. The summed E-state index contributed by atoms with van der Waals surface area (Å²) in [4.78, 5) is 2.78. The molecule has 1 saturated carbocycles. The average molecular weight is 348 g/mol. The Morgan fingerprint density at radius 1 is 1.04 bits per heavy atom. The van der Waals surface area contributed by atoms with Crippen molar-refractivity contribution in [3.8, 4) is 5.75 Å². The van der Waals surface area contributed by atoms with Gasteiger partial charge in [0.2, 0.25) is 0 Å². The zero-order valence-electron chi connectivity index (χ0n) is 15.8. The molecule has 1 aliphatic heterocycles. The number of hydrogen-bond donors (Lipinski definition) is 0. The Balaban J connectivity index is 1.56. The normalized spacial score (nSPS) is 30.3. The second-order valence-electron chi connectivity index (χ2n) is 8.47. The second-order valence-corrected chi connectivity index (χ2v) is 8.47. The number of hydrogen-bond acceptors (Lipinski definition) is 2. The molecule has 2 aliphatic carbocycles. The van der Waals surface area contributed by atoms with Crippen LogP contribution in [0.2, 0.25) is 0 Å². The summed E-state index contributed by atoms with van der Waals surface area (Å²) in [6, 6.07) is 18.5. The molecule has 2 nitrogen and oxygen atoms in total. The fourth-order valence-corrected chi connectivity index (χ4v) is 6.30. The summed E-state index contributed by atoms with van der Waals surface area (Å²) in [6.07, 6.45) is 8.01. The molecule has 0 amide bonds. The molecule has 2 bridgehead atoms. The molecule has 1 saturated heterocycles. The number of methoxy groups -OCH3 is 1. The minimum atomic E-state index is 0.401. The van der Waals surface area contributed by atoms with E-state index in [9.17, 15) is 0 Å². The van der Waals surface area contributed by atoms with Crippen LogP contribution in [0.25, 0.3) is 0 Å². The third-order valence-corrected chi connectivity index (χ3v) is 7.41. The summed E-state index contributed by atoms with van der Waals surface area (Å²) in [5.41, 5.74) is 4.97. The molecular weight excluding hydrogens is 318 g/mol. The molecule has 136 valence electrons. The molecule has 0 radical (unpaired) electrons. The Labute approximate surface area is 157 Å². The summed E-state index contributed by atoms with van der Waals surface area (Å²) in [5, 5.41) is 0. The van der Waals surface area contributed by atoms with E-state index in [2.05, 4.69) is 53.4 Å². The highest BCUT2D eigenvalue weighted by atomic mass is 16.5. The Bertz CT molecular complexity index is 786. The van der Waals surface area contributed by atoms with E-state index in [4.69, 9.17) is 4.74 Å². The Hall–Kier alpha value is -1.80. The highest BCUT2D eigenvalue weighted by Crippen LogP contribution is 2.57. The third-order valence-electron chi connectivity index (χ3n) is 7.41. The molecule has 5 rings (SSSR count). The van der Waals surface area contributed by atoms with Crippen LogP contribution < -0.4 is 4.74 Å². The van der Waals surface area contributed by atoms with Crippen molar-refractivity contribution in [2.24, 2.45) is 5.92 Å². The van der Waals surface area contributed by atoms with Gasteiger partial charge in [-0.1, -0.05) is 55.3 Å². The molecule has 1 heterocycles. The predicted molar refractivity (Wildman–Crippen MR) is 106 cm³/mol. The van der Waals surface area contributed by atoms with Gasteiger partial charge in [0.1, 0.15) is 5.75 Å². The van der Waals surface area contributed by atoms with E-state index in [1.54, 1.807) is 5.56 Å². The van der Waals surface area contributed by atoms with Crippen molar-refractivity contribution >= 4 is 0 Å². The van der Waals surface area contributed by atoms with Crippen molar-refractivity contribution in [2.45, 2.75) is 56.5 Å². The van der Waals surface area contributed by atoms with Crippen molar-refractivity contribution in [1.29, 1.82) is 0 Å². The standard InChI is InChI=1S/C24H29NO/c1-26-23-12-7-11-20-19(23)16-22-21-10-5-6-13-24(20,21)14-15-25(22)17-18-8-3-2-4-9-18/h2-4,7-9,11-12,21-22H,5-6,10,13-17H2,1H3/t21-,22+,24-/m0/s1. The topological polar surface area (TPSA) is 12.5 Å². The van der Waals surface area contributed by atoms with Crippen LogP contribution in [0.1, 0.15) is 48.8 Å². The summed E-state index contributed by atoms with van der Waals surface area (Å²) < 4.78 is 5.79. The molecule has 0 unspecified atom stereocenters. The van der Waals surface area contributed by atoms with Crippen molar-refractivity contribution < 1.29 is 4.74 Å². The van der Waals surface area contributed by atoms with Crippen LogP contribution in [-0.2, 0) is 18.4 Å². The van der Waals surface area contributed by atoms with Crippen LogP contribution >= 0.6 is 0 Å². The van der Waals surface area contributed by atoms with E-state index in [0.717, 1.165) is 24.6 Å². The van der Waals surface area contributed by atoms with Crippen molar-refractivity contribution in [2.75, 3.05) is 13.7 Å². The molecule has 3 aliphatic rings. The highest BCUT2D eigenvalue weighted by molar-refractivity contribution is 5.49. The monoisotopic (exact) mass is 347 g/mol. The average Bonchev–Trinajstić information content (AvgIpc) is 2.70. The lowest BCUT2D eigenvalue weighted by molar-refractivity contribution is -0.0161. The smallest absolute Gasteiger partial charge is 0.122 e. The largest absolute Gasteiger partial charge is 0.496 e. The van der Waals surface area contributed by atoms with Gasteiger partial charge in [0, 0.05) is 18.0 Å². The summed E-state index contributed by atoms with van der Waals surface area (Å²) in [5.74, 6) is 1.92. The first kappa shape index (κ1) is 16.4. The molecule has 0 aromatic heterocycles. The SMILES string of the molecule is COc1cccc2c1C[C@@H]1[C@@H]3CCCC[C@]23CCN1Cc1ccccc1. The number of fused-ring (bicyclic) bond motifs is 1. The summed E-state index contributed by atoms with van der Waals surface area (Å²) >= 11 is 0. The molecule has 0 N–H and O–H groups in total. The van der Waals surface area contributed by atoms with E-state index >= 15 is 0 Å². The van der Waals surface area contributed by atoms with Crippen LogP contribution in [0.4, 0.5) is 0 Å². The van der Waals surface area contributed by atoms with Gasteiger partial charge in [-0.2, -0.15) is 0 Å². The predicted octanol–water partition coefficient (Wildman–Crippen LogP) is 4.95. The van der Waals surface area contributed by atoms with Crippen LogP contribution in [0, 0.1) is 5.92 Å². The lowest BCUT2D eigenvalue weighted by atomic mass is 9.52. The molecule has 3 atom stereocenters. The van der Waals surface area contributed by atoms with E-state index in [-0.39, 0.29) is 0 Å². The fourth-order valence-electron chi connectivity index (χ4n) is 6.30. The number of rotatable bonds is 3. The van der Waals surface area contributed by atoms with Gasteiger partial charge in [-0.3, -0.25) is 4.90 Å². The van der Waals surface area contributed by atoms with E-state index in [0.29, 0.717) is 11.5 Å². The van der Waals surface area contributed by atoms with E-state index < -0.39 is 0 Å². The maximum absolute atomic E-state index is 5.79. The lowest BCUT2D eigenvalue weighted by Gasteiger charge is -2.59. The number of nitrogens with zero attached hydrogens (tertiary/aromatic N) is 1. The minimum absolute atomic E-state index is 0.401. The first-order chi connectivity index (χ1) is 12.8. The molecular formula is C24H29NO. The van der Waals surface area contributed by atoms with Gasteiger partial charge < -0.3 is 4.74 Å². The third kappa shape index (κ3) is 2.42. The van der Waals surface area contributed by atoms with E-state index in [1.165, 1.54) is 49.8 Å². The highest BCUT2D eigenvalue weighted by Gasteiger charge is 2.54. The van der Waals surface area contributed by atoms with Crippen LogP contribution in [-0.4, -0.2) is 24.6 Å². The van der Waals surface area contributed by atoms with Gasteiger partial charge in [0.05, 0.1) is 7.11 Å². The van der Waals surface area contributed by atoms with Crippen LogP contribution in [0.3, 0.4) is 0 Å². The number of ether oxygens (including phenoxy) is 1. The first-order valence-electron chi connectivity index (χ1n) is 10.3. The van der Waals surface area contributed by atoms with Gasteiger partial charge in [0.15, 0.2) is 0 Å². The fraction of sp³-hybridized carbons (Fsp3) is 0.500. The van der Waals surface area contributed by atoms with Crippen molar-refractivity contribution in [3.63, 3.8) is 0 Å². The van der Waals surface area contributed by atoms with Gasteiger partial charge in [-0.25, -0.2) is 0 Å². The maximum Gasteiger partial charge on any atom is 0.122 e. The summed E-state index contributed by atoms with van der Waals surface area (Å²) in [7, 11) is 1.83. The van der Waals surface area contributed by atoms with Gasteiger partial charge in [-0.15, -0.1) is 0 Å². The Morgan fingerprint density at radius 3 is 2.77 bits per heavy atom. The van der Waals surface area contributed by atoms with Crippen molar-refractivity contribution in [1.82, 2.24) is 4.90 Å². The zero-order chi connectivity index (χ0) is 17.6. The van der Waals surface area contributed by atoms with Crippen LogP contribution in [0.5, 0.6) is 5.75 Å². The zero-order valence-corrected chi connectivity index (χ0v) is 15.8. The minimum Gasteiger partial charge on any atom is -0.496 e. The molecule has 2 aromatic carbocycles. The van der Waals surface area contributed by atoms with Gasteiger partial charge >= 0.3 is 0 Å². The molecule has 2 aromatic rings.